The molecule has 2 heterocycles. The number of sulfone groups is 1. The molecule has 1 aromatic rings. The average Bonchev–Trinajstić information content (AvgIpc) is 2.65. The maximum Gasteiger partial charge on any atom is 0.153 e. The van der Waals surface area contributed by atoms with Gasteiger partial charge in [0.25, 0.3) is 0 Å². The molecular weight excluding hydrogens is 280 g/mol. The Morgan fingerprint density at radius 2 is 2.26 bits per heavy atom. The Bertz CT molecular complexity index is 633. The Balaban J connectivity index is 2.19. The first-order chi connectivity index (χ1) is 8.94. The zero-order valence-electron chi connectivity index (χ0n) is 11.0. The molecule has 0 saturated carbocycles. The van der Waals surface area contributed by atoms with E-state index in [4.69, 9.17) is 5.26 Å². The Morgan fingerprint density at radius 3 is 2.84 bits per heavy atom. The molecule has 102 valence electrons. The normalized spacial score (nSPS) is 21.2. The summed E-state index contributed by atoms with van der Waals surface area (Å²) in [5.41, 5.74) is 2.31. The Kier molecular flexibility index (Phi) is 4.16. The van der Waals surface area contributed by atoms with Gasteiger partial charge in [-0.2, -0.15) is 5.26 Å². The quantitative estimate of drug-likeness (QED) is 0.800. The largest absolute Gasteiger partial charge is 0.245 e. The van der Waals surface area contributed by atoms with Gasteiger partial charge < -0.3 is 0 Å². The molecule has 6 heteroatoms. The van der Waals surface area contributed by atoms with Crippen LogP contribution in [0.4, 0.5) is 0 Å². The van der Waals surface area contributed by atoms with Gasteiger partial charge >= 0.3 is 0 Å². The molecule has 0 amide bonds. The summed E-state index contributed by atoms with van der Waals surface area (Å²) in [5, 5.41) is 9.53. The summed E-state index contributed by atoms with van der Waals surface area (Å²) in [7, 11) is -2.93. The highest BCUT2D eigenvalue weighted by Crippen LogP contribution is 2.29. The maximum absolute atomic E-state index is 11.8. The van der Waals surface area contributed by atoms with Crippen LogP contribution in [-0.4, -0.2) is 30.2 Å². The molecule has 0 aromatic carbocycles. The van der Waals surface area contributed by atoms with Crippen molar-refractivity contribution in [2.24, 2.45) is 0 Å². The molecule has 0 radical (unpaired) electrons. The van der Waals surface area contributed by atoms with E-state index < -0.39 is 9.84 Å². The topological polar surface area (TPSA) is 70.8 Å². The summed E-state index contributed by atoms with van der Waals surface area (Å²) in [4.78, 5) is 4.36. The van der Waals surface area contributed by atoms with Gasteiger partial charge in [-0.1, -0.05) is 0 Å². The molecule has 0 unspecified atom stereocenters. The number of aromatic nitrogens is 1. The lowest BCUT2D eigenvalue weighted by atomic mass is 10.1. The molecule has 1 aromatic heterocycles. The second-order valence-corrected chi connectivity index (χ2v) is 8.22. The molecule has 1 aliphatic heterocycles. The predicted molar refractivity (Wildman–Crippen MR) is 76.0 cm³/mol. The minimum Gasteiger partial charge on any atom is -0.245 e. The van der Waals surface area contributed by atoms with Gasteiger partial charge in [-0.3, -0.25) is 0 Å². The number of pyridine rings is 1. The lowest BCUT2D eigenvalue weighted by Crippen LogP contribution is -2.18. The highest BCUT2D eigenvalue weighted by atomic mass is 32.2. The molecule has 0 spiro atoms. The molecule has 19 heavy (non-hydrogen) atoms. The predicted octanol–water partition coefficient (Wildman–Crippen LogP) is 2.24. The number of nitrogens with zero attached hydrogens (tertiary/aromatic N) is 2. The van der Waals surface area contributed by atoms with E-state index >= 15 is 0 Å². The summed E-state index contributed by atoms with van der Waals surface area (Å²) in [6.07, 6.45) is 1.47. The van der Waals surface area contributed by atoms with Crippen molar-refractivity contribution in [2.45, 2.75) is 37.0 Å². The summed E-state index contributed by atoms with van der Waals surface area (Å²) >= 11 is 1.39. The molecule has 1 aliphatic rings. The van der Waals surface area contributed by atoms with Crippen molar-refractivity contribution < 1.29 is 8.42 Å². The third-order valence-corrected chi connectivity index (χ3v) is 6.92. The zero-order chi connectivity index (χ0) is 14.0. The van der Waals surface area contributed by atoms with Crippen molar-refractivity contribution in [3.05, 3.63) is 22.9 Å². The fourth-order valence-electron chi connectivity index (χ4n) is 2.26. The van der Waals surface area contributed by atoms with Crippen molar-refractivity contribution in [3.63, 3.8) is 0 Å². The minimum atomic E-state index is -2.93. The first-order valence-corrected chi connectivity index (χ1v) is 8.87. The van der Waals surface area contributed by atoms with Crippen molar-refractivity contribution in [3.8, 4) is 6.07 Å². The summed E-state index contributed by atoms with van der Waals surface area (Å²) < 4.78 is 23.5. The van der Waals surface area contributed by atoms with Crippen LogP contribution in [0.15, 0.2) is 11.1 Å². The van der Waals surface area contributed by atoms with Gasteiger partial charge in [0.05, 0.1) is 16.6 Å². The van der Waals surface area contributed by atoms with Gasteiger partial charge in [0.2, 0.25) is 0 Å². The Labute approximate surface area is 118 Å². The fraction of sp³-hybridized carbons (Fsp3) is 0.538. The summed E-state index contributed by atoms with van der Waals surface area (Å²) in [6.45, 7) is 3.76. The lowest BCUT2D eigenvalue weighted by Gasteiger charge is -2.10. The molecule has 1 fully saturated rings. The van der Waals surface area contributed by atoms with E-state index in [-0.39, 0.29) is 5.25 Å². The SMILES string of the molecule is Cc1cc(C)c(C#N)c(SC[C@@H]2CCCS2(=O)=O)n1. The number of hydrogen-bond acceptors (Lipinski definition) is 5. The van der Waals surface area contributed by atoms with Gasteiger partial charge in [0, 0.05) is 11.4 Å². The average molecular weight is 296 g/mol. The molecular formula is C13H16N2O2S2. The van der Waals surface area contributed by atoms with Crippen LogP contribution in [0.25, 0.3) is 0 Å². The highest BCUT2D eigenvalue weighted by Gasteiger charge is 2.31. The van der Waals surface area contributed by atoms with Gasteiger partial charge in [0.1, 0.15) is 11.1 Å². The van der Waals surface area contributed by atoms with Crippen LogP contribution in [-0.2, 0) is 9.84 Å². The molecule has 2 rings (SSSR count). The van der Waals surface area contributed by atoms with Crippen molar-refractivity contribution >= 4 is 21.6 Å². The minimum absolute atomic E-state index is 0.285. The highest BCUT2D eigenvalue weighted by molar-refractivity contribution is 8.01. The Morgan fingerprint density at radius 1 is 1.53 bits per heavy atom. The van der Waals surface area contributed by atoms with Crippen LogP contribution in [0, 0.1) is 25.2 Å². The van der Waals surface area contributed by atoms with Gasteiger partial charge in [-0.05, 0) is 38.3 Å². The molecule has 0 N–H and O–H groups in total. The van der Waals surface area contributed by atoms with Crippen LogP contribution in [0.3, 0.4) is 0 Å². The lowest BCUT2D eigenvalue weighted by molar-refractivity contribution is 0.594. The van der Waals surface area contributed by atoms with Crippen LogP contribution in [0.5, 0.6) is 0 Å². The van der Waals surface area contributed by atoms with Gasteiger partial charge in [0.15, 0.2) is 9.84 Å². The van der Waals surface area contributed by atoms with E-state index in [2.05, 4.69) is 11.1 Å². The van der Waals surface area contributed by atoms with Crippen molar-refractivity contribution in [1.29, 1.82) is 5.26 Å². The third kappa shape index (κ3) is 3.10. The summed E-state index contributed by atoms with van der Waals surface area (Å²) in [6, 6.07) is 4.02. The Hall–Kier alpha value is -1.06. The maximum atomic E-state index is 11.8. The fourth-order valence-corrected chi connectivity index (χ4v) is 5.79. The second kappa shape index (κ2) is 5.51. The van der Waals surface area contributed by atoms with E-state index in [1.54, 1.807) is 0 Å². The molecule has 0 aliphatic carbocycles. The van der Waals surface area contributed by atoms with Crippen LogP contribution < -0.4 is 0 Å². The van der Waals surface area contributed by atoms with Crippen LogP contribution in [0.1, 0.15) is 29.7 Å². The number of nitriles is 1. The van der Waals surface area contributed by atoms with E-state index in [1.165, 1.54) is 11.8 Å². The first-order valence-electron chi connectivity index (χ1n) is 6.17. The third-order valence-electron chi connectivity index (χ3n) is 3.29. The van der Waals surface area contributed by atoms with E-state index in [1.807, 2.05) is 19.9 Å². The monoisotopic (exact) mass is 296 g/mol. The van der Waals surface area contributed by atoms with Gasteiger partial charge in [-0.25, -0.2) is 13.4 Å². The number of rotatable bonds is 3. The van der Waals surface area contributed by atoms with Crippen molar-refractivity contribution in [2.75, 3.05) is 11.5 Å². The number of thioether (sulfide) groups is 1. The number of aryl methyl sites for hydroxylation is 2. The standard InChI is InChI=1S/C13H16N2O2S2/c1-9-6-10(2)15-13(12(9)7-14)18-8-11-4-3-5-19(11,16)17/h6,11H,3-5,8H2,1-2H3/t11-/m0/s1. The number of hydrogen-bond donors (Lipinski definition) is 0. The second-order valence-electron chi connectivity index (χ2n) is 4.81. The van der Waals surface area contributed by atoms with Crippen LogP contribution >= 0.6 is 11.8 Å². The molecule has 4 nitrogen and oxygen atoms in total. The summed E-state index contributed by atoms with van der Waals surface area (Å²) in [5.74, 6) is 0.788. The van der Waals surface area contributed by atoms with Gasteiger partial charge in [-0.15, -0.1) is 11.8 Å². The first kappa shape index (κ1) is 14.4. The van der Waals surface area contributed by atoms with Crippen molar-refractivity contribution in [1.82, 2.24) is 4.98 Å². The molecule has 1 saturated heterocycles. The van der Waals surface area contributed by atoms with E-state index in [0.29, 0.717) is 22.1 Å². The molecule has 1 atom stereocenters. The van der Waals surface area contributed by atoms with Crippen LogP contribution in [0.2, 0.25) is 0 Å². The molecule has 0 bridgehead atoms. The van der Waals surface area contributed by atoms with E-state index in [0.717, 1.165) is 24.1 Å². The van der Waals surface area contributed by atoms with E-state index in [9.17, 15) is 8.42 Å². The smallest absolute Gasteiger partial charge is 0.153 e. The zero-order valence-corrected chi connectivity index (χ0v) is 12.6.